The molecule has 1 aromatic carbocycles. The second-order valence-corrected chi connectivity index (χ2v) is 4.55. The number of nitrogens with zero attached hydrogens (tertiary/aromatic N) is 1. The molecule has 0 aliphatic carbocycles. The first-order valence-corrected chi connectivity index (χ1v) is 5.84. The molecule has 1 aliphatic heterocycles. The average molecular weight is 290 g/mol. The molecular formula is C12H10ClF2NO3. The van der Waals surface area contributed by atoms with E-state index in [1.165, 1.54) is 7.11 Å². The molecule has 1 aliphatic rings. The fraction of sp³-hybridized carbons (Fsp3) is 0.333. The maximum atomic E-state index is 13.7. The van der Waals surface area contributed by atoms with Crippen LogP contribution in [0.3, 0.4) is 0 Å². The number of methoxy groups -OCH3 is 1. The minimum atomic E-state index is -0.904. The van der Waals surface area contributed by atoms with Crippen molar-refractivity contribution in [2.24, 2.45) is 5.92 Å². The van der Waals surface area contributed by atoms with Gasteiger partial charge in [0.25, 0.3) is 0 Å². The van der Waals surface area contributed by atoms with Gasteiger partial charge in [-0.15, -0.1) is 0 Å². The van der Waals surface area contributed by atoms with E-state index in [1.54, 1.807) is 0 Å². The third-order valence-corrected chi connectivity index (χ3v) is 3.23. The minimum absolute atomic E-state index is 0.00954. The van der Waals surface area contributed by atoms with Crippen LogP contribution in [0.5, 0.6) is 0 Å². The Kier molecular flexibility index (Phi) is 3.71. The van der Waals surface area contributed by atoms with E-state index in [1.807, 2.05) is 0 Å². The number of carbonyl (C=O) groups excluding carboxylic acids is 2. The van der Waals surface area contributed by atoms with Crippen molar-refractivity contribution >= 4 is 29.2 Å². The van der Waals surface area contributed by atoms with Gasteiger partial charge < -0.3 is 9.64 Å². The highest BCUT2D eigenvalue weighted by atomic mass is 35.5. The van der Waals surface area contributed by atoms with Crippen LogP contribution in [0.25, 0.3) is 0 Å². The van der Waals surface area contributed by atoms with E-state index in [4.69, 9.17) is 11.6 Å². The number of anilines is 1. The van der Waals surface area contributed by atoms with E-state index in [0.29, 0.717) is 6.07 Å². The Hall–Kier alpha value is -1.69. The van der Waals surface area contributed by atoms with Crippen molar-refractivity contribution in [2.45, 2.75) is 6.42 Å². The summed E-state index contributed by atoms with van der Waals surface area (Å²) in [7, 11) is 1.21. The molecule has 1 amide bonds. The number of halogens is 3. The van der Waals surface area contributed by atoms with Gasteiger partial charge in [-0.3, -0.25) is 9.59 Å². The SMILES string of the molecule is COC(=O)C1CC(=O)N(c2cc(Cl)c(F)cc2F)C1. The Morgan fingerprint density at radius 3 is 2.74 bits per heavy atom. The molecule has 0 saturated carbocycles. The van der Waals surface area contributed by atoms with E-state index in [2.05, 4.69) is 4.74 Å². The van der Waals surface area contributed by atoms with Gasteiger partial charge in [-0.05, 0) is 6.07 Å². The fourth-order valence-electron chi connectivity index (χ4n) is 1.98. The lowest BCUT2D eigenvalue weighted by molar-refractivity contribution is -0.145. The second-order valence-electron chi connectivity index (χ2n) is 4.15. The van der Waals surface area contributed by atoms with Gasteiger partial charge in [0.1, 0.15) is 11.6 Å². The van der Waals surface area contributed by atoms with Crippen LogP contribution in [0.2, 0.25) is 5.02 Å². The lowest BCUT2D eigenvalue weighted by Crippen LogP contribution is -2.27. The molecule has 19 heavy (non-hydrogen) atoms. The number of carbonyl (C=O) groups is 2. The monoisotopic (exact) mass is 289 g/mol. The maximum absolute atomic E-state index is 13.7. The van der Waals surface area contributed by atoms with E-state index in [0.717, 1.165) is 11.0 Å². The Morgan fingerprint density at radius 2 is 2.11 bits per heavy atom. The number of hydrogen-bond acceptors (Lipinski definition) is 3. The molecule has 1 saturated heterocycles. The largest absolute Gasteiger partial charge is 0.469 e. The maximum Gasteiger partial charge on any atom is 0.311 e. The van der Waals surface area contributed by atoms with E-state index in [9.17, 15) is 18.4 Å². The summed E-state index contributed by atoms with van der Waals surface area (Å²) >= 11 is 5.57. The molecule has 0 aromatic heterocycles. The van der Waals surface area contributed by atoms with Crippen LogP contribution in [0.15, 0.2) is 12.1 Å². The summed E-state index contributed by atoms with van der Waals surface area (Å²) in [6, 6.07) is 1.64. The molecule has 1 atom stereocenters. The van der Waals surface area contributed by atoms with Crippen LogP contribution in [0.1, 0.15) is 6.42 Å². The zero-order valence-electron chi connectivity index (χ0n) is 9.95. The van der Waals surface area contributed by atoms with Crippen LogP contribution in [0, 0.1) is 17.6 Å². The number of amides is 1. The van der Waals surface area contributed by atoms with Crippen LogP contribution >= 0.6 is 11.6 Å². The molecule has 2 rings (SSSR count). The summed E-state index contributed by atoms with van der Waals surface area (Å²) in [5, 5.41) is -0.286. The number of ether oxygens (including phenoxy) is 1. The topological polar surface area (TPSA) is 46.6 Å². The predicted octanol–water partition coefficient (Wildman–Crippen LogP) is 2.14. The molecule has 7 heteroatoms. The molecule has 0 N–H and O–H groups in total. The molecule has 4 nitrogen and oxygen atoms in total. The summed E-state index contributed by atoms with van der Waals surface area (Å²) in [6.07, 6.45) is -0.0683. The fourth-order valence-corrected chi connectivity index (χ4v) is 2.14. The van der Waals surface area contributed by atoms with Crippen LogP contribution in [-0.4, -0.2) is 25.5 Å². The van der Waals surface area contributed by atoms with Crippen LogP contribution in [0.4, 0.5) is 14.5 Å². The molecular weight excluding hydrogens is 280 g/mol. The van der Waals surface area contributed by atoms with Crippen molar-refractivity contribution in [2.75, 3.05) is 18.6 Å². The highest BCUT2D eigenvalue weighted by Gasteiger charge is 2.37. The van der Waals surface area contributed by atoms with Crippen molar-refractivity contribution in [3.8, 4) is 0 Å². The molecule has 1 heterocycles. The number of benzene rings is 1. The summed E-state index contributed by atoms with van der Waals surface area (Å²) < 4.78 is 31.3. The first-order valence-electron chi connectivity index (χ1n) is 5.46. The van der Waals surface area contributed by atoms with Gasteiger partial charge in [0.05, 0.1) is 23.7 Å². The lowest BCUT2D eigenvalue weighted by Gasteiger charge is -2.17. The summed E-state index contributed by atoms with van der Waals surface area (Å²) in [4.78, 5) is 24.2. The molecule has 1 fully saturated rings. The standard InChI is InChI=1S/C12H10ClF2NO3/c1-19-12(18)6-2-11(17)16(5-6)10-3-7(13)8(14)4-9(10)15/h3-4,6H,2,5H2,1H3. The van der Waals surface area contributed by atoms with Gasteiger partial charge in [-0.2, -0.15) is 0 Å². The normalized spacial score (nSPS) is 18.8. The van der Waals surface area contributed by atoms with E-state index in [-0.39, 0.29) is 23.7 Å². The highest BCUT2D eigenvalue weighted by Crippen LogP contribution is 2.31. The first kappa shape index (κ1) is 13.7. The molecule has 1 unspecified atom stereocenters. The van der Waals surface area contributed by atoms with E-state index >= 15 is 0 Å². The lowest BCUT2D eigenvalue weighted by atomic mass is 10.1. The first-order chi connectivity index (χ1) is 8.93. The minimum Gasteiger partial charge on any atom is -0.469 e. The molecule has 0 bridgehead atoms. The van der Waals surface area contributed by atoms with Crippen molar-refractivity contribution in [3.05, 3.63) is 28.8 Å². The zero-order valence-corrected chi connectivity index (χ0v) is 10.7. The molecule has 102 valence electrons. The number of rotatable bonds is 2. The Bertz CT molecular complexity index is 550. The number of esters is 1. The van der Waals surface area contributed by atoms with Crippen molar-refractivity contribution in [3.63, 3.8) is 0 Å². The third kappa shape index (κ3) is 2.53. The average Bonchev–Trinajstić information content (AvgIpc) is 2.75. The molecule has 0 spiro atoms. The van der Waals surface area contributed by atoms with E-state index < -0.39 is 29.4 Å². The van der Waals surface area contributed by atoms with Crippen molar-refractivity contribution < 1.29 is 23.1 Å². The Morgan fingerprint density at radius 1 is 1.42 bits per heavy atom. The van der Waals surface area contributed by atoms with Gasteiger partial charge in [0.15, 0.2) is 0 Å². The predicted molar refractivity (Wildman–Crippen MR) is 63.8 cm³/mol. The third-order valence-electron chi connectivity index (χ3n) is 2.94. The highest BCUT2D eigenvalue weighted by molar-refractivity contribution is 6.31. The van der Waals surface area contributed by atoms with Gasteiger partial charge in [-0.1, -0.05) is 11.6 Å². The molecule has 0 radical (unpaired) electrons. The van der Waals surface area contributed by atoms with Gasteiger partial charge in [0, 0.05) is 19.0 Å². The second kappa shape index (κ2) is 5.13. The summed E-state index contributed by atoms with van der Waals surface area (Å²) in [5.74, 6) is -3.43. The van der Waals surface area contributed by atoms with Crippen LogP contribution in [-0.2, 0) is 14.3 Å². The van der Waals surface area contributed by atoms with Crippen molar-refractivity contribution in [1.82, 2.24) is 0 Å². The quantitative estimate of drug-likeness (QED) is 0.619. The van der Waals surface area contributed by atoms with Gasteiger partial charge >= 0.3 is 5.97 Å². The summed E-state index contributed by atoms with van der Waals surface area (Å²) in [5.41, 5.74) is -0.136. The van der Waals surface area contributed by atoms with Crippen molar-refractivity contribution in [1.29, 1.82) is 0 Å². The zero-order chi connectivity index (χ0) is 14.2. The summed E-state index contributed by atoms with van der Waals surface area (Å²) in [6.45, 7) is -0.00954. The Labute approximate surface area is 112 Å². The smallest absolute Gasteiger partial charge is 0.311 e. The van der Waals surface area contributed by atoms with Gasteiger partial charge in [-0.25, -0.2) is 8.78 Å². The van der Waals surface area contributed by atoms with Gasteiger partial charge in [0.2, 0.25) is 5.91 Å². The molecule has 1 aromatic rings. The van der Waals surface area contributed by atoms with Crippen LogP contribution < -0.4 is 4.90 Å². The Balaban J connectivity index is 2.30. The number of hydrogen-bond donors (Lipinski definition) is 0.